The molecular weight excluding hydrogens is 799 g/mol. The number of rotatable bonds is 10. The van der Waals surface area contributed by atoms with Gasteiger partial charge in [-0.05, 0) is 75.7 Å². The minimum atomic E-state index is -0.579. The van der Waals surface area contributed by atoms with E-state index in [1.54, 1.807) is 34.8 Å². The Hall–Kier alpha value is -5.72. The van der Waals surface area contributed by atoms with Crippen LogP contribution in [0.4, 0.5) is 22.0 Å². The van der Waals surface area contributed by atoms with Gasteiger partial charge in [0, 0.05) is 51.3 Å². The fourth-order valence-electron chi connectivity index (χ4n) is 8.21. The van der Waals surface area contributed by atoms with Gasteiger partial charge in [0.15, 0.2) is 16.6 Å². The second-order valence-corrected chi connectivity index (χ2v) is 16.1. The third-order valence-corrected chi connectivity index (χ3v) is 12.0. The topological polar surface area (TPSA) is 201 Å². The van der Waals surface area contributed by atoms with Crippen molar-refractivity contribution in [1.82, 2.24) is 54.7 Å². The first-order valence-corrected chi connectivity index (χ1v) is 20.4. The van der Waals surface area contributed by atoms with Crippen molar-refractivity contribution in [2.75, 3.05) is 55.3 Å². The summed E-state index contributed by atoms with van der Waals surface area (Å²) in [5.74, 6) is 0.828. The average Bonchev–Trinajstić information content (AvgIpc) is 3.90. The molecule has 0 bridgehead atoms. The van der Waals surface area contributed by atoms with Gasteiger partial charge in [0.25, 0.3) is 0 Å². The molecule has 3 fully saturated rings. The summed E-state index contributed by atoms with van der Waals surface area (Å²) in [7, 11) is 1.77. The summed E-state index contributed by atoms with van der Waals surface area (Å²) >= 11 is 12.7. The summed E-state index contributed by atoms with van der Waals surface area (Å²) in [6.45, 7) is 6.35. The highest BCUT2D eigenvalue weighted by Gasteiger charge is 2.33. The second-order valence-electron chi connectivity index (χ2n) is 15.3. The molecule has 0 aliphatic carbocycles. The molecule has 3 aliphatic heterocycles. The molecule has 20 heteroatoms. The molecule has 0 saturated carbocycles. The number of pyridine rings is 2. The monoisotopic (exact) mass is 842 g/mol. The molecule has 3 saturated heterocycles. The Morgan fingerprint density at radius 3 is 2.39 bits per heavy atom. The number of nitrogens with one attached hydrogen (secondary N) is 3. The summed E-state index contributed by atoms with van der Waals surface area (Å²) in [6.07, 6.45) is 12.2. The molecule has 3 aliphatic rings. The molecule has 5 aromatic heterocycles. The van der Waals surface area contributed by atoms with E-state index in [0.717, 1.165) is 69.8 Å². The van der Waals surface area contributed by atoms with Crippen LogP contribution in [0.25, 0.3) is 11.5 Å². The number of nitrogens with zero attached hydrogens (tertiary/aromatic N) is 11. The second kappa shape index (κ2) is 17.2. The van der Waals surface area contributed by atoms with E-state index in [0.29, 0.717) is 47.3 Å². The number of anilines is 3. The van der Waals surface area contributed by atoms with Crippen LogP contribution in [0.3, 0.4) is 0 Å². The van der Waals surface area contributed by atoms with Crippen molar-refractivity contribution in [2.24, 2.45) is 11.8 Å². The van der Waals surface area contributed by atoms with Crippen LogP contribution in [-0.2, 0) is 14.4 Å². The van der Waals surface area contributed by atoms with Crippen molar-refractivity contribution in [3.63, 3.8) is 0 Å². The van der Waals surface area contributed by atoms with Gasteiger partial charge in [0.2, 0.25) is 17.7 Å². The Bertz CT molecular complexity index is 2340. The maximum atomic E-state index is 14.0. The predicted molar refractivity (Wildman–Crippen MR) is 219 cm³/mol. The van der Waals surface area contributed by atoms with Crippen LogP contribution in [0.15, 0.2) is 55.2 Å². The molecule has 3 N–H and O–H groups in total. The average molecular weight is 844 g/mol. The van der Waals surface area contributed by atoms with Gasteiger partial charge in [0.1, 0.15) is 5.82 Å². The van der Waals surface area contributed by atoms with Gasteiger partial charge in [0.05, 0.1) is 58.8 Å². The predicted octanol–water partition coefficient (Wildman–Crippen LogP) is 4.72. The molecular formula is C39H44Cl2N14O4. The summed E-state index contributed by atoms with van der Waals surface area (Å²) in [4.78, 5) is 72.3. The minimum absolute atomic E-state index is 0.0210. The maximum absolute atomic E-state index is 14.0. The number of imide groups is 1. The number of halogens is 2. The van der Waals surface area contributed by atoms with Gasteiger partial charge in [-0.15, -0.1) is 4.80 Å². The zero-order valence-corrected chi connectivity index (χ0v) is 34.1. The number of amides is 5. The molecule has 2 atom stereocenters. The van der Waals surface area contributed by atoms with Crippen molar-refractivity contribution in [3.05, 3.63) is 76.7 Å². The number of fused-ring (bicyclic) bond motifs is 1. The van der Waals surface area contributed by atoms with E-state index >= 15 is 0 Å². The first-order chi connectivity index (χ1) is 28.5. The fraction of sp³-hybridized carbons (Fsp3) is 0.436. The summed E-state index contributed by atoms with van der Waals surface area (Å²) in [5, 5.41) is 21.0. The molecule has 0 radical (unpaired) electrons. The van der Waals surface area contributed by atoms with Crippen LogP contribution in [0.5, 0.6) is 0 Å². The Kier molecular flexibility index (Phi) is 11.7. The lowest BCUT2D eigenvalue weighted by atomic mass is 9.91. The number of piperidine rings is 3. The molecule has 8 heterocycles. The number of aromatic nitrogens is 8. The molecule has 0 aromatic carbocycles. The van der Waals surface area contributed by atoms with E-state index < -0.39 is 12.1 Å². The summed E-state index contributed by atoms with van der Waals surface area (Å²) < 4.78 is 1.55. The Balaban J connectivity index is 0.842. The van der Waals surface area contributed by atoms with Gasteiger partial charge in [-0.25, -0.2) is 24.3 Å². The normalized spacial score (nSPS) is 18.8. The molecule has 5 amide bonds. The number of hydrogen-bond acceptors (Lipinski definition) is 12. The number of hydrogen-bond donors (Lipinski definition) is 3. The largest absolute Gasteiger partial charge is 0.357 e. The third-order valence-electron chi connectivity index (χ3n) is 11.6. The van der Waals surface area contributed by atoms with E-state index in [1.165, 1.54) is 29.6 Å². The number of carbonyl (C=O) groups excluding carboxylic acids is 4. The smallest absolute Gasteiger partial charge is 0.323 e. The van der Waals surface area contributed by atoms with Crippen molar-refractivity contribution in [1.29, 1.82) is 0 Å². The fourth-order valence-corrected chi connectivity index (χ4v) is 8.63. The zero-order chi connectivity index (χ0) is 41.2. The highest BCUT2D eigenvalue weighted by atomic mass is 35.5. The summed E-state index contributed by atoms with van der Waals surface area (Å²) in [5.41, 5.74) is 2.53. The molecule has 8 rings (SSSR count). The lowest BCUT2D eigenvalue weighted by Crippen LogP contribution is -2.45. The van der Waals surface area contributed by atoms with Gasteiger partial charge in [-0.1, -0.05) is 29.3 Å². The Morgan fingerprint density at radius 2 is 1.69 bits per heavy atom. The number of urea groups is 1. The van der Waals surface area contributed by atoms with Crippen molar-refractivity contribution in [3.8, 4) is 5.82 Å². The van der Waals surface area contributed by atoms with Gasteiger partial charge in [-0.3, -0.25) is 19.7 Å². The standard InChI is InChI=1S/C39H44Cl2N14O4/c1-23(35-30(21-43-33-18-31(41)50-54(33)35)48-39(59)47-27-17-29(40)36(44-20-27)55-45-11-12-46-55)51(2)38(58)25-9-13-52(14-10-25)22-24-7-15-53(16-8-24)32-5-3-26(19-42-32)28-4-6-34(56)49-37(28)57/h3,5,11-12,17-21,23-25,28H,4,6-10,13-16,22H2,1-2H3,(H2,47,48,59)(H,49,56,57)/t23-,28?/m1/s1. The van der Waals surface area contributed by atoms with E-state index in [9.17, 15) is 19.2 Å². The molecule has 18 nitrogen and oxygen atoms in total. The Labute approximate surface area is 349 Å². The minimum Gasteiger partial charge on any atom is -0.357 e. The molecule has 5 aromatic rings. The number of carbonyl (C=O) groups is 4. The molecule has 0 spiro atoms. The zero-order valence-electron chi connectivity index (χ0n) is 32.6. The van der Waals surface area contributed by atoms with E-state index in [-0.39, 0.29) is 39.7 Å². The van der Waals surface area contributed by atoms with E-state index in [2.05, 4.69) is 56.0 Å². The van der Waals surface area contributed by atoms with Crippen LogP contribution in [0.1, 0.15) is 68.7 Å². The van der Waals surface area contributed by atoms with Crippen molar-refractivity contribution >= 4 is 69.8 Å². The van der Waals surface area contributed by atoms with Crippen LogP contribution in [-0.4, -0.2) is 113 Å². The Morgan fingerprint density at radius 1 is 0.932 bits per heavy atom. The molecule has 1 unspecified atom stereocenters. The first-order valence-electron chi connectivity index (χ1n) is 19.7. The van der Waals surface area contributed by atoms with Crippen LogP contribution < -0.4 is 20.9 Å². The summed E-state index contributed by atoms with van der Waals surface area (Å²) in [6, 6.07) is 6.00. The lowest BCUT2D eigenvalue weighted by molar-refractivity contribution is -0.138. The quantitative estimate of drug-likeness (QED) is 0.164. The van der Waals surface area contributed by atoms with Crippen molar-refractivity contribution < 1.29 is 19.2 Å². The highest BCUT2D eigenvalue weighted by molar-refractivity contribution is 6.32. The molecule has 59 heavy (non-hydrogen) atoms. The third kappa shape index (κ3) is 8.84. The maximum Gasteiger partial charge on any atom is 0.323 e. The van der Waals surface area contributed by atoms with E-state index in [1.807, 2.05) is 19.1 Å². The van der Waals surface area contributed by atoms with Crippen LogP contribution >= 0.6 is 23.2 Å². The van der Waals surface area contributed by atoms with Gasteiger partial charge < -0.3 is 25.3 Å². The van der Waals surface area contributed by atoms with E-state index in [4.69, 9.17) is 23.2 Å². The van der Waals surface area contributed by atoms with Crippen molar-refractivity contribution in [2.45, 2.75) is 57.4 Å². The SMILES string of the molecule is C[C@H](c1c(NC(=O)Nc2cnc(-n3nccn3)c(Cl)c2)cnc2cc(Cl)nn12)N(C)C(=O)C1CCN(CC2CCN(c3ccc(C4CCC(=O)NC4=O)cn3)CC2)CC1. The molecule has 308 valence electrons. The number of likely N-dealkylation sites (tertiary alicyclic amines) is 1. The highest BCUT2D eigenvalue weighted by Crippen LogP contribution is 2.32. The van der Waals surface area contributed by atoms with Crippen LogP contribution in [0.2, 0.25) is 10.2 Å². The lowest BCUT2D eigenvalue weighted by Gasteiger charge is -2.39. The van der Waals surface area contributed by atoms with Crippen LogP contribution in [0, 0.1) is 11.8 Å². The van der Waals surface area contributed by atoms with Gasteiger partial charge in [-0.2, -0.15) is 15.3 Å². The first kappa shape index (κ1) is 40.1. The van der Waals surface area contributed by atoms with Gasteiger partial charge >= 0.3 is 6.03 Å².